The molecule has 2 rings (SSSR count). The standard InChI is InChI=1S/C10H16N4.ClH/c1-2-10(14-13-5-1)12-8-9-3-6-11-7-4-9;/h1-2,5,9,11H,3-4,6-8H2,(H,12,14);1H. The van der Waals surface area contributed by atoms with E-state index in [2.05, 4.69) is 20.8 Å². The maximum Gasteiger partial charge on any atom is 0.148 e. The predicted octanol–water partition coefficient (Wildman–Crippen LogP) is 1.31. The molecule has 5 heteroatoms. The molecule has 1 aliphatic rings. The number of anilines is 1. The molecule has 4 nitrogen and oxygen atoms in total. The largest absolute Gasteiger partial charge is 0.368 e. The molecule has 84 valence electrons. The number of piperidine rings is 1. The van der Waals surface area contributed by atoms with Gasteiger partial charge in [-0.2, -0.15) is 5.10 Å². The molecule has 2 heterocycles. The summed E-state index contributed by atoms with van der Waals surface area (Å²) in [5.74, 6) is 1.66. The molecule has 0 saturated carbocycles. The van der Waals surface area contributed by atoms with E-state index in [1.54, 1.807) is 6.20 Å². The molecule has 0 radical (unpaired) electrons. The molecule has 0 aliphatic carbocycles. The van der Waals surface area contributed by atoms with Crippen molar-refractivity contribution < 1.29 is 0 Å². The minimum Gasteiger partial charge on any atom is -0.368 e. The average molecular weight is 229 g/mol. The van der Waals surface area contributed by atoms with Gasteiger partial charge in [0.25, 0.3) is 0 Å². The van der Waals surface area contributed by atoms with Crippen molar-refractivity contribution >= 4 is 18.2 Å². The Bertz CT molecular complexity index is 261. The van der Waals surface area contributed by atoms with E-state index in [1.165, 1.54) is 12.8 Å². The number of nitrogens with zero attached hydrogens (tertiary/aromatic N) is 2. The van der Waals surface area contributed by atoms with Crippen molar-refractivity contribution in [2.24, 2.45) is 5.92 Å². The van der Waals surface area contributed by atoms with Crippen LogP contribution in [0.2, 0.25) is 0 Å². The summed E-state index contributed by atoms with van der Waals surface area (Å²) in [7, 11) is 0. The Morgan fingerprint density at radius 2 is 2.20 bits per heavy atom. The lowest BCUT2D eigenvalue weighted by Gasteiger charge is -2.22. The number of nitrogens with one attached hydrogen (secondary N) is 2. The van der Waals surface area contributed by atoms with Gasteiger partial charge < -0.3 is 10.6 Å². The van der Waals surface area contributed by atoms with Crippen molar-refractivity contribution in [3.05, 3.63) is 18.3 Å². The fraction of sp³-hybridized carbons (Fsp3) is 0.600. The summed E-state index contributed by atoms with van der Waals surface area (Å²) in [4.78, 5) is 0. The van der Waals surface area contributed by atoms with Gasteiger partial charge in [0.2, 0.25) is 0 Å². The minimum atomic E-state index is 0. The zero-order valence-corrected chi connectivity index (χ0v) is 9.46. The van der Waals surface area contributed by atoms with Crippen LogP contribution >= 0.6 is 12.4 Å². The molecule has 0 bridgehead atoms. The second-order valence-corrected chi connectivity index (χ2v) is 3.68. The van der Waals surface area contributed by atoms with Crippen LogP contribution in [0.15, 0.2) is 18.3 Å². The fourth-order valence-corrected chi connectivity index (χ4v) is 1.73. The van der Waals surface area contributed by atoms with Gasteiger partial charge in [-0.3, -0.25) is 0 Å². The molecule has 1 fully saturated rings. The van der Waals surface area contributed by atoms with Gasteiger partial charge >= 0.3 is 0 Å². The van der Waals surface area contributed by atoms with Gasteiger partial charge in [-0.1, -0.05) is 0 Å². The van der Waals surface area contributed by atoms with Crippen LogP contribution in [0, 0.1) is 5.92 Å². The lowest BCUT2D eigenvalue weighted by atomic mass is 9.98. The number of aromatic nitrogens is 2. The van der Waals surface area contributed by atoms with Crippen LogP contribution in [0.5, 0.6) is 0 Å². The third kappa shape index (κ3) is 4.01. The number of hydrogen-bond donors (Lipinski definition) is 2. The molecule has 0 amide bonds. The smallest absolute Gasteiger partial charge is 0.148 e. The Hall–Kier alpha value is -0.870. The normalized spacial score (nSPS) is 16.8. The van der Waals surface area contributed by atoms with E-state index >= 15 is 0 Å². The maximum absolute atomic E-state index is 3.99. The van der Waals surface area contributed by atoms with Crippen LogP contribution in [-0.4, -0.2) is 29.8 Å². The zero-order chi connectivity index (χ0) is 9.64. The first-order valence-electron chi connectivity index (χ1n) is 5.17. The van der Waals surface area contributed by atoms with E-state index in [0.717, 1.165) is 31.4 Å². The molecule has 0 aromatic carbocycles. The first-order valence-corrected chi connectivity index (χ1v) is 5.17. The summed E-state index contributed by atoms with van der Waals surface area (Å²) in [6.45, 7) is 3.31. The highest BCUT2D eigenvalue weighted by atomic mass is 35.5. The Morgan fingerprint density at radius 3 is 2.87 bits per heavy atom. The third-order valence-corrected chi connectivity index (χ3v) is 2.60. The lowest BCUT2D eigenvalue weighted by Crippen LogP contribution is -2.31. The van der Waals surface area contributed by atoms with E-state index in [0.29, 0.717) is 0 Å². The first-order chi connectivity index (χ1) is 6.95. The third-order valence-electron chi connectivity index (χ3n) is 2.60. The Kier molecular flexibility index (Phi) is 5.36. The van der Waals surface area contributed by atoms with E-state index < -0.39 is 0 Å². The summed E-state index contributed by atoms with van der Waals surface area (Å²) in [5, 5.41) is 14.5. The molecule has 1 aromatic heterocycles. The van der Waals surface area contributed by atoms with Gasteiger partial charge in [-0.15, -0.1) is 17.5 Å². The Balaban J connectivity index is 0.00000112. The molecule has 2 N–H and O–H groups in total. The van der Waals surface area contributed by atoms with E-state index in [1.807, 2.05) is 12.1 Å². The molecule has 1 aliphatic heterocycles. The summed E-state index contributed by atoms with van der Waals surface area (Å²) >= 11 is 0. The molecule has 0 spiro atoms. The average Bonchev–Trinajstić information content (AvgIpc) is 2.29. The SMILES string of the molecule is Cl.c1cnnc(NCC2CCNCC2)c1. The van der Waals surface area contributed by atoms with Crippen LogP contribution in [0.25, 0.3) is 0 Å². The highest BCUT2D eigenvalue weighted by Crippen LogP contribution is 2.12. The second kappa shape index (κ2) is 6.58. The maximum atomic E-state index is 3.99. The number of rotatable bonds is 3. The van der Waals surface area contributed by atoms with Crippen molar-refractivity contribution in [2.45, 2.75) is 12.8 Å². The predicted molar refractivity (Wildman–Crippen MR) is 63.4 cm³/mol. The van der Waals surface area contributed by atoms with Gasteiger partial charge in [0.15, 0.2) is 0 Å². The number of halogens is 1. The van der Waals surface area contributed by atoms with Gasteiger partial charge in [0.05, 0.1) is 0 Å². The molecule has 1 saturated heterocycles. The van der Waals surface area contributed by atoms with E-state index in [4.69, 9.17) is 0 Å². The minimum absolute atomic E-state index is 0. The zero-order valence-electron chi connectivity index (χ0n) is 8.65. The summed E-state index contributed by atoms with van der Waals surface area (Å²) < 4.78 is 0. The number of hydrogen-bond acceptors (Lipinski definition) is 4. The van der Waals surface area contributed by atoms with Gasteiger partial charge in [-0.25, -0.2) is 0 Å². The Morgan fingerprint density at radius 1 is 1.40 bits per heavy atom. The molecular weight excluding hydrogens is 212 g/mol. The van der Waals surface area contributed by atoms with Crippen molar-refractivity contribution in [3.8, 4) is 0 Å². The van der Waals surface area contributed by atoms with Crippen molar-refractivity contribution in [1.82, 2.24) is 15.5 Å². The fourth-order valence-electron chi connectivity index (χ4n) is 1.73. The van der Waals surface area contributed by atoms with Gasteiger partial charge in [0.1, 0.15) is 5.82 Å². The summed E-state index contributed by atoms with van der Waals surface area (Å²) in [5.41, 5.74) is 0. The van der Waals surface area contributed by atoms with E-state index in [-0.39, 0.29) is 12.4 Å². The lowest BCUT2D eigenvalue weighted by molar-refractivity contribution is 0.389. The molecule has 15 heavy (non-hydrogen) atoms. The van der Waals surface area contributed by atoms with Crippen LogP contribution in [0.4, 0.5) is 5.82 Å². The van der Waals surface area contributed by atoms with Crippen molar-refractivity contribution in [3.63, 3.8) is 0 Å². The van der Waals surface area contributed by atoms with Gasteiger partial charge in [0, 0.05) is 12.7 Å². The topological polar surface area (TPSA) is 49.8 Å². The van der Waals surface area contributed by atoms with Gasteiger partial charge in [-0.05, 0) is 44.0 Å². The monoisotopic (exact) mass is 228 g/mol. The highest BCUT2D eigenvalue weighted by molar-refractivity contribution is 5.85. The summed E-state index contributed by atoms with van der Waals surface area (Å²) in [6.07, 6.45) is 4.20. The summed E-state index contributed by atoms with van der Waals surface area (Å²) in [6, 6.07) is 3.85. The highest BCUT2D eigenvalue weighted by Gasteiger charge is 2.12. The molecule has 0 unspecified atom stereocenters. The van der Waals surface area contributed by atoms with E-state index in [9.17, 15) is 0 Å². The van der Waals surface area contributed by atoms with Crippen molar-refractivity contribution in [2.75, 3.05) is 25.0 Å². The van der Waals surface area contributed by atoms with Crippen LogP contribution in [0.3, 0.4) is 0 Å². The van der Waals surface area contributed by atoms with Crippen LogP contribution < -0.4 is 10.6 Å². The van der Waals surface area contributed by atoms with Crippen LogP contribution in [-0.2, 0) is 0 Å². The molecular formula is C10H17ClN4. The van der Waals surface area contributed by atoms with Crippen LogP contribution in [0.1, 0.15) is 12.8 Å². The quantitative estimate of drug-likeness (QED) is 0.819. The molecule has 1 aromatic rings. The van der Waals surface area contributed by atoms with Crippen molar-refractivity contribution in [1.29, 1.82) is 0 Å². The Labute approximate surface area is 96.3 Å². The first kappa shape index (κ1) is 12.2. The second-order valence-electron chi connectivity index (χ2n) is 3.68. The molecule has 0 atom stereocenters.